The average molecular weight is 622 g/mol. The number of carbonyl (C=O) groups excluding carboxylic acids is 1. The van der Waals surface area contributed by atoms with Gasteiger partial charge in [0.05, 0.1) is 18.0 Å². The van der Waals surface area contributed by atoms with E-state index in [4.69, 9.17) is 9.52 Å². The van der Waals surface area contributed by atoms with E-state index >= 15 is 0 Å². The molecule has 7 nitrogen and oxygen atoms in total. The predicted molar refractivity (Wildman–Crippen MR) is 191 cm³/mol. The molecule has 0 spiro atoms. The first kappa shape index (κ1) is 30.2. The molecule has 1 aromatic heterocycles. The quantitative estimate of drug-likeness (QED) is 0.182. The first-order valence-electron chi connectivity index (χ1n) is 16.1. The largest absolute Gasteiger partial charge is 0.436 e. The first-order chi connectivity index (χ1) is 22.9. The Morgan fingerprint density at radius 3 is 2.13 bits per heavy atom. The standard InChI is InChI=1S/C40H39N5O2/c1-43(2)33-21-13-27(14-22-33)25-32-11-8-12-35-37(32)42-45(38(35)29-19-23-34(24-20-29)44(3)4)40(46)31-17-15-30(16-18-31)39-41-26-36(47-39)28-9-6-5-7-10-28/h5-7,9-10,13-26,35,38H,8,11-12H2,1-4H3/b32-25-/t35-,38-/m0/s1. The van der Waals surface area contributed by atoms with Crippen molar-refractivity contribution in [3.63, 3.8) is 0 Å². The molecule has 0 N–H and O–H groups in total. The van der Waals surface area contributed by atoms with Gasteiger partial charge in [-0.15, -0.1) is 0 Å². The lowest BCUT2D eigenvalue weighted by atomic mass is 9.77. The molecule has 0 saturated heterocycles. The Hall–Kier alpha value is -5.43. The van der Waals surface area contributed by atoms with Crippen LogP contribution in [-0.2, 0) is 0 Å². The summed E-state index contributed by atoms with van der Waals surface area (Å²) in [6.45, 7) is 0. The van der Waals surface area contributed by atoms with Gasteiger partial charge in [0, 0.05) is 62.2 Å². The molecule has 47 heavy (non-hydrogen) atoms. The molecule has 0 radical (unpaired) electrons. The number of anilines is 2. The summed E-state index contributed by atoms with van der Waals surface area (Å²) in [6, 6.07) is 34.3. The minimum absolute atomic E-state index is 0.118. The van der Waals surface area contributed by atoms with Crippen molar-refractivity contribution < 1.29 is 9.21 Å². The number of benzene rings is 4. The molecule has 1 amide bonds. The lowest BCUT2D eigenvalue weighted by Crippen LogP contribution is -2.32. The Kier molecular flexibility index (Phi) is 8.21. The topological polar surface area (TPSA) is 65.2 Å². The molecule has 7 heteroatoms. The molecule has 236 valence electrons. The summed E-state index contributed by atoms with van der Waals surface area (Å²) < 4.78 is 6.06. The van der Waals surface area contributed by atoms with E-state index in [0.29, 0.717) is 17.2 Å². The summed E-state index contributed by atoms with van der Waals surface area (Å²) >= 11 is 0. The maximum atomic E-state index is 14.3. The molecular formula is C40H39N5O2. The van der Waals surface area contributed by atoms with Crippen molar-refractivity contribution >= 4 is 29.1 Å². The van der Waals surface area contributed by atoms with Gasteiger partial charge >= 0.3 is 0 Å². The molecule has 4 aromatic carbocycles. The van der Waals surface area contributed by atoms with Gasteiger partial charge in [-0.05, 0) is 90.6 Å². The van der Waals surface area contributed by atoms with Gasteiger partial charge < -0.3 is 14.2 Å². The second kappa shape index (κ2) is 12.8. The summed E-state index contributed by atoms with van der Waals surface area (Å²) in [6.07, 6.45) is 6.95. The van der Waals surface area contributed by atoms with Gasteiger partial charge in [-0.25, -0.2) is 9.99 Å². The van der Waals surface area contributed by atoms with Gasteiger partial charge in [0.1, 0.15) is 0 Å². The zero-order valence-corrected chi connectivity index (χ0v) is 27.3. The van der Waals surface area contributed by atoms with Gasteiger partial charge in [-0.1, -0.05) is 54.6 Å². The van der Waals surface area contributed by atoms with Crippen LogP contribution in [0.4, 0.5) is 11.4 Å². The van der Waals surface area contributed by atoms with Crippen molar-refractivity contribution in [1.82, 2.24) is 9.99 Å². The summed E-state index contributed by atoms with van der Waals surface area (Å²) in [4.78, 5) is 23.0. The highest BCUT2D eigenvalue weighted by Crippen LogP contribution is 2.45. The van der Waals surface area contributed by atoms with Crippen LogP contribution in [0.25, 0.3) is 28.9 Å². The number of oxazole rings is 1. The van der Waals surface area contributed by atoms with Gasteiger partial charge in [-0.2, -0.15) is 5.10 Å². The second-order valence-corrected chi connectivity index (χ2v) is 12.7. The molecule has 5 aromatic rings. The molecule has 7 rings (SSSR count). The van der Waals surface area contributed by atoms with Crippen LogP contribution in [0, 0.1) is 5.92 Å². The lowest BCUT2D eigenvalue weighted by Gasteiger charge is -2.30. The highest BCUT2D eigenvalue weighted by Gasteiger charge is 2.44. The second-order valence-electron chi connectivity index (χ2n) is 12.7. The Morgan fingerprint density at radius 2 is 1.47 bits per heavy atom. The molecule has 1 aliphatic heterocycles. The maximum Gasteiger partial charge on any atom is 0.274 e. The number of aromatic nitrogens is 1. The number of hydrogen-bond acceptors (Lipinski definition) is 6. The van der Waals surface area contributed by atoms with E-state index in [1.807, 2.05) is 82.8 Å². The van der Waals surface area contributed by atoms with Gasteiger partial charge in [0.2, 0.25) is 5.89 Å². The number of rotatable bonds is 7. The van der Waals surface area contributed by atoms with Crippen LogP contribution in [0.2, 0.25) is 0 Å². The molecule has 1 saturated carbocycles. The van der Waals surface area contributed by atoms with Crippen LogP contribution in [0.1, 0.15) is 46.8 Å². The Balaban J connectivity index is 1.21. The summed E-state index contributed by atoms with van der Waals surface area (Å²) in [5, 5.41) is 6.85. The number of hydrazone groups is 1. The van der Waals surface area contributed by atoms with Crippen molar-refractivity contribution in [3.8, 4) is 22.8 Å². The zero-order valence-electron chi connectivity index (χ0n) is 27.3. The Morgan fingerprint density at radius 1 is 0.809 bits per heavy atom. The summed E-state index contributed by atoms with van der Waals surface area (Å²) in [5.74, 6) is 1.22. The maximum absolute atomic E-state index is 14.3. The Labute approximate surface area is 276 Å². The third-order valence-electron chi connectivity index (χ3n) is 9.15. The minimum Gasteiger partial charge on any atom is -0.436 e. The number of allylic oxidation sites excluding steroid dienone is 1. The fourth-order valence-corrected chi connectivity index (χ4v) is 6.57. The van der Waals surface area contributed by atoms with Crippen LogP contribution >= 0.6 is 0 Å². The normalized spacial score (nSPS) is 18.2. The van der Waals surface area contributed by atoms with Crippen molar-refractivity contribution in [3.05, 3.63) is 132 Å². The van der Waals surface area contributed by atoms with Crippen LogP contribution in [0.15, 0.2) is 124 Å². The minimum atomic E-state index is -0.187. The van der Waals surface area contributed by atoms with E-state index in [0.717, 1.165) is 58.6 Å². The molecule has 2 aliphatic rings. The zero-order chi connectivity index (χ0) is 32.5. The third-order valence-corrected chi connectivity index (χ3v) is 9.15. The highest BCUT2D eigenvalue weighted by molar-refractivity contribution is 6.09. The molecule has 2 heterocycles. The number of fused-ring (bicyclic) bond motifs is 1. The van der Waals surface area contributed by atoms with E-state index in [1.165, 1.54) is 5.57 Å². The molecule has 1 aliphatic carbocycles. The smallest absolute Gasteiger partial charge is 0.274 e. The van der Waals surface area contributed by atoms with Gasteiger partial charge in [0.25, 0.3) is 5.91 Å². The molecule has 1 fully saturated rings. The first-order valence-corrected chi connectivity index (χ1v) is 16.1. The average Bonchev–Trinajstić information content (AvgIpc) is 3.75. The number of amides is 1. The number of hydrogen-bond donors (Lipinski definition) is 0. The lowest BCUT2D eigenvalue weighted by molar-refractivity contribution is 0.0681. The third kappa shape index (κ3) is 6.09. The molecule has 2 atom stereocenters. The fraction of sp³-hybridized carbons (Fsp3) is 0.225. The predicted octanol–water partition coefficient (Wildman–Crippen LogP) is 8.58. The van der Waals surface area contributed by atoms with Crippen molar-refractivity contribution in [2.45, 2.75) is 25.3 Å². The van der Waals surface area contributed by atoms with E-state index in [-0.39, 0.29) is 17.9 Å². The van der Waals surface area contributed by atoms with Crippen LogP contribution < -0.4 is 9.80 Å². The van der Waals surface area contributed by atoms with Crippen molar-refractivity contribution in [2.24, 2.45) is 11.0 Å². The monoisotopic (exact) mass is 621 g/mol. The van der Waals surface area contributed by atoms with Crippen molar-refractivity contribution in [1.29, 1.82) is 0 Å². The van der Waals surface area contributed by atoms with Crippen LogP contribution in [0.3, 0.4) is 0 Å². The molecular weight excluding hydrogens is 582 g/mol. The van der Waals surface area contributed by atoms with Crippen LogP contribution in [0.5, 0.6) is 0 Å². The van der Waals surface area contributed by atoms with Gasteiger partial charge in [-0.3, -0.25) is 4.79 Å². The van der Waals surface area contributed by atoms with E-state index in [2.05, 4.69) is 69.4 Å². The van der Waals surface area contributed by atoms with E-state index in [9.17, 15) is 4.79 Å². The SMILES string of the molecule is CN(C)c1ccc(/C=C2/CCC[C@H]3C2=NN(C(=O)c2ccc(-c4ncc(-c5ccccc5)o4)cc2)[C@H]3c2ccc(N(C)C)cc2)cc1. The summed E-state index contributed by atoms with van der Waals surface area (Å²) in [7, 11) is 8.17. The molecule has 0 unspecified atom stereocenters. The highest BCUT2D eigenvalue weighted by atomic mass is 16.4. The Bertz CT molecular complexity index is 1920. The molecule has 0 bridgehead atoms. The number of nitrogens with zero attached hydrogens (tertiary/aromatic N) is 5. The van der Waals surface area contributed by atoms with Gasteiger partial charge in [0.15, 0.2) is 5.76 Å². The summed E-state index contributed by atoms with van der Waals surface area (Å²) in [5.41, 5.74) is 9.10. The number of carbonyl (C=O) groups is 1. The van der Waals surface area contributed by atoms with E-state index < -0.39 is 0 Å². The van der Waals surface area contributed by atoms with Crippen molar-refractivity contribution in [2.75, 3.05) is 38.0 Å². The van der Waals surface area contributed by atoms with E-state index in [1.54, 1.807) is 11.2 Å². The van der Waals surface area contributed by atoms with Crippen LogP contribution in [-0.4, -0.2) is 49.8 Å². The fourth-order valence-electron chi connectivity index (χ4n) is 6.57.